The standard InChI is InChI=1S/C20H31ClN2O3.ClH/c1-4-11-26-19-17(21)12-16(13-18(19)25-6-3)20(24)23-9-7-15(8-10-23)14-22-5-2;/h12-13,15,22H,4-11,14H2,1-3H3;1H. The Balaban J connectivity index is 0.00000364. The number of amides is 1. The average Bonchev–Trinajstić information content (AvgIpc) is 2.65. The van der Waals surface area contributed by atoms with Crippen molar-refractivity contribution in [1.82, 2.24) is 10.2 Å². The van der Waals surface area contributed by atoms with Gasteiger partial charge in [0, 0.05) is 18.7 Å². The van der Waals surface area contributed by atoms with Gasteiger partial charge in [0.1, 0.15) is 0 Å². The Labute approximate surface area is 174 Å². The van der Waals surface area contributed by atoms with Gasteiger partial charge in [-0.1, -0.05) is 25.4 Å². The molecule has 1 saturated heterocycles. The predicted molar refractivity (Wildman–Crippen MR) is 113 cm³/mol. The van der Waals surface area contributed by atoms with E-state index < -0.39 is 0 Å². The summed E-state index contributed by atoms with van der Waals surface area (Å²) in [6.45, 7) is 10.7. The molecule has 1 amide bonds. The lowest BCUT2D eigenvalue weighted by Crippen LogP contribution is -2.40. The number of hydrogen-bond acceptors (Lipinski definition) is 4. The molecule has 1 aromatic carbocycles. The van der Waals surface area contributed by atoms with E-state index in [-0.39, 0.29) is 18.3 Å². The minimum Gasteiger partial charge on any atom is -0.490 e. The van der Waals surface area contributed by atoms with Crippen molar-refractivity contribution < 1.29 is 14.3 Å². The van der Waals surface area contributed by atoms with Gasteiger partial charge in [-0.25, -0.2) is 0 Å². The average molecular weight is 419 g/mol. The molecule has 0 aliphatic carbocycles. The smallest absolute Gasteiger partial charge is 0.254 e. The highest BCUT2D eigenvalue weighted by Crippen LogP contribution is 2.37. The summed E-state index contributed by atoms with van der Waals surface area (Å²) in [5.41, 5.74) is 0.562. The second-order valence-corrected chi connectivity index (χ2v) is 7.02. The van der Waals surface area contributed by atoms with E-state index in [2.05, 4.69) is 12.2 Å². The first-order valence-electron chi connectivity index (χ1n) is 9.69. The molecule has 1 N–H and O–H groups in total. The van der Waals surface area contributed by atoms with E-state index in [0.717, 1.165) is 45.4 Å². The van der Waals surface area contributed by atoms with E-state index in [9.17, 15) is 4.79 Å². The van der Waals surface area contributed by atoms with Crippen LogP contribution in [-0.4, -0.2) is 50.2 Å². The molecule has 5 nitrogen and oxygen atoms in total. The van der Waals surface area contributed by atoms with Crippen LogP contribution in [0.1, 0.15) is 50.4 Å². The number of nitrogens with zero attached hydrogens (tertiary/aromatic N) is 1. The lowest BCUT2D eigenvalue weighted by atomic mass is 9.96. The molecule has 1 fully saturated rings. The van der Waals surface area contributed by atoms with Crippen LogP contribution in [0.3, 0.4) is 0 Å². The highest BCUT2D eigenvalue weighted by molar-refractivity contribution is 6.32. The Bertz CT molecular complexity index is 591. The number of carbonyl (C=O) groups is 1. The first-order chi connectivity index (χ1) is 12.6. The molecule has 1 aliphatic heterocycles. The van der Waals surface area contributed by atoms with Crippen LogP contribution < -0.4 is 14.8 Å². The third-order valence-corrected chi connectivity index (χ3v) is 4.87. The number of rotatable bonds is 9. The van der Waals surface area contributed by atoms with Crippen molar-refractivity contribution in [3.05, 3.63) is 22.7 Å². The quantitative estimate of drug-likeness (QED) is 0.644. The van der Waals surface area contributed by atoms with Crippen molar-refractivity contribution in [3.8, 4) is 11.5 Å². The SMILES string of the molecule is CCCOc1c(Cl)cc(C(=O)N2CCC(CNCC)CC2)cc1OCC.Cl. The molecule has 0 atom stereocenters. The summed E-state index contributed by atoms with van der Waals surface area (Å²) >= 11 is 6.39. The van der Waals surface area contributed by atoms with Gasteiger partial charge in [0.05, 0.1) is 18.2 Å². The summed E-state index contributed by atoms with van der Waals surface area (Å²) in [5.74, 6) is 1.72. The fraction of sp³-hybridized carbons (Fsp3) is 0.650. The molecule has 1 heterocycles. The molecule has 27 heavy (non-hydrogen) atoms. The molecule has 0 saturated carbocycles. The Hall–Kier alpha value is -1.17. The number of carbonyl (C=O) groups excluding carboxylic acids is 1. The van der Waals surface area contributed by atoms with Gasteiger partial charge in [-0.2, -0.15) is 0 Å². The molecule has 0 aromatic heterocycles. The zero-order chi connectivity index (χ0) is 18.9. The fourth-order valence-corrected chi connectivity index (χ4v) is 3.44. The minimum atomic E-state index is 0. The Kier molecular flexibility index (Phi) is 10.9. The topological polar surface area (TPSA) is 50.8 Å². The van der Waals surface area contributed by atoms with Crippen molar-refractivity contribution >= 4 is 29.9 Å². The van der Waals surface area contributed by atoms with Gasteiger partial charge in [0.15, 0.2) is 11.5 Å². The van der Waals surface area contributed by atoms with Crippen LogP contribution in [0.2, 0.25) is 5.02 Å². The molecular weight excluding hydrogens is 387 g/mol. The molecule has 0 bridgehead atoms. The van der Waals surface area contributed by atoms with E-state index in [1.54, 1.807) is 12.1 Å². The highest BCUT2D eigenvalue weighted by atomic mass is 35.5. The maximum absolute atomic E-state index is 12.9. The van der Waals surface area contributed by atoms with E-state index in [0.29, 0.717) is 41.2 Å². The van der Waals surface area contributed by atoms with Gasteiger partial charge in [-0.3, -0.25) is 4.79 Å². The van der Waals surface area contributed by atoms with Crippen LogP contribution in [-0.2, 0) is 0 Å². The largest absolute Gasteiger partial charge is 0.490 e. The first-order valence-corrected chi connectivity index (χ1v) is 10.1. The van der Waals surface area contributed by atoms with Gasteiger partial charge >= 0.3 is 0 Å². The van der Waals surface area contributed by atoms with Crippen molar-refractivity contribution in [2.24, 2.45) is 5.92 Å². The fourth-order valence-electron chi connectivity index (χ4n) is 3.17. The van der Waals surface area contributed by atoms with Gasteiger partial charge < -0.3 is 19.7 Å². The van der Waals surface area contributed by atoms with E-state index in [4.69, 9.17) is 21.1 Å². The molecule has 2 rings (SSSR count). The second-order valence-electron chi connectivity index (χ2n) is 6.61. The third kappa shape index (κ3) is 6.74. The van der Waals surface area contributed by atoms with Gasteiger partial charge in [0.25, 0.3) is 5.91 Å². The normalized spacial score (nSPS) is 14.6. The Morgan fingerprint density at radius 2 is 1.93 bits per heavy atom. The molecule has 0 radical (unpaired) electrons. The Morgan fingerprint density at radius 3 is 2.52 bits per heavy atom. The highest BCUT2D eigenvalue weighted by Gasteiger charge is 2.25. The summed E-state index contributed by atoms with van der Waals surface area (Å²) in [7, 11) is 0. The summed E-state index contributed by atoms with van der Waals surface area (Å²) in [6, 6.07) is 3.45. The van der Waals surface area contributed by atoms with E-state index >= 15 is 0 Å². The van der Waals surface area contributed by atoms with Gasteiger partial charge in [-0.05, 0) is 57.3 Å². The number of halogens is 2. The summed E-state index contributed by atoms with van der Waals surface area (Å²) in [4.78, 5) is 14.8. The third-order valence-electron chi connectivity index (χ3n) is 4.59. The molecule has 1 aliphatic rings. The molecule has 0 spiro atoms. The molecule has 1 aromatic rings. The first kappa shape index (κ1) is 23.9. The number of nitrogens with one attached hydrogen (secondary N) is 1. The number of hydrogen-bond donors (Lipinski definition) is 1. The van der Waals surface area contributed by atoms with Crippen LogP contribution in [0, 0.1) is 5.92 Å². The van der Waals surface area contributed by atoms with Crippen molar-refractivity contribution in [1.29, 1.82) is 0 Å². The van der Waals surface area contributed by atoms with Gasteiger partial charge in [0.2, 0.25) is 0 Å². The van der Waals surface area contributed by atoms with E-state index in [1.165, 1.54) is 0 Å². The number of likely N-dealkylation sites (tertiary alicyclic amines) is 1. The van der Waals surface area contributed by atoms with Crippen molar-refractivity contribution in [2.75, 3.05) is 39.4 Å². The summed E-state index contributed by atoms with van der Waals surface area (Å²) in [6.07, 6.45) is 2.94. The summed E-state index contributed by atoms with van der Waals surface area (Å²) in [5, 5.41) is 3.82. The number of benzene rings is 1. The van der Waals surface area contributed by atoms with Crippen molar-refractivity contribution in [3.63, 3.8) is 0 Å². The van der Waals surface area contributed by atoms with Gasteiger partial charge in [-0.15, -0.1) is 12.4 Å². The monoisotopic (exact) mass is 418 g/mol. The lowest BCUT2D eigenvalue weighted by Gasteiger charge is -2.32. The lowest BCUT2D eigenvalue weighted by molar-refractivity contribution is 0.0689. The van der Waals surface area contributed by atoms with Crippen molar-refractivity contribution in [2.45, 2.75) is 40.0 Å². The van der Waals surface area contributed by atoms with Crippen LogP contribution in [0.15, 0.2) is 12.1 Å². The zero-order valence-electron chi connectivity index (χ0n) is 16.6. The van der Waals surface area contributed by atoms with Crippen LogP contribution in [0.4, 0.5) is 0 Å². The Morgan fingerprint density at radius 1 is 1.22 bits per heavy atom. The minimum absolute atomic E-state index is 0. The molecular formula is C20H32Cl2N2O3. The van der Waals surface area contributed by atoms with E-state index in [1.807, 2.05) is 18.7 Å². The molecule has 0 unspecified atom stereocenters. The maximum Gasteiger partial charge on any atom is 0.254 e. The molecule has 154 valence electrons. The van der Waals surface area contributed by atoms with Crippen LogP contribution in [0.25, 0.3) is 0 Å². The van der Waals surface area contributed by atoms with Crippen LogP contribution in [0.5, 0.6) is 11.5 Å². The molecule has 7 heteroatoms. The maximum atomic E-state index is 12.9. The second kappa shape index (κ2) is 12.3. The predicted octanol–water partition coefficient (Wildman–Crippen LogP) is 4.41. The summed E-state index contributed by atoms with van der Waals surface area (Å²) < 4.78 is 11.4. The van der Waals surface area contributed by atoms with Crippen LogP contribution >= 0.6 is 24.0 Å². The number of ether oxygens (including phenoxy) is 2. The number of piperidine rings is 1. The zero-order valence-corrected chi connectivity index (χ0v) is 18.1.